The Labute approximate surface area is 121 Å². The first-order valence-electron chi connectivity index (χ1n) is 6.33. The smallest absolute Gasteiger partial charge is 0.0457 e. The molecule has 3 heteroatoms. The average molecular weight is 315 g/mol. The second kappa shape index (κ2) is 5.59. The molecule has 3 rings (SSSR count). The maximum absolute atomic E-state index is 3.57. The zero-order chi connectivity index (χ0) is 13.1. The summed E-state index contributed by atoms with van der Waals surface area (Å²) >= 11 is 3.57. The summed E-state index contributed by atoms with van der Waals surface area (Å²) in [4.78, 5) is 3.24. The molecule has 0 radical (unpaired) electrons. The number of rotatable bonds is 4. The molecule has 96 valence electrons. The SMILES string of the molecule is Brc1ccccc1CNCc1ccc2cc[nH]c2c1. The van der Waals surface area contributed by atoms with Crippen molar-refractivity contribution in [1.29, 1.82) is 0 Å². The number of fused-ring (bicyclic) bond motifs is 1. The van der Waals surface area contributed by atoms with Crippen LogP contribution >= 0.6 is 15.9 Å². The molecule has 0 amide bonds. The van der Waals surface area contributed by atoms with Gasteiger partial charge < -0.3 is 10.3 Å². The molecule has 19 heavy (non-hydrogen) atoms. The predicted molar refractivity (Wildman–Crippen MR) is 83.0 cm³/mol. The average Bonchev–Trinajstić information content (AvgIpc) is 2.88. The maximum Gasteiger partial charge on any atom is 0.0457 e. The molecule has 0 aliphatic heterocycles. The molecule has 0 saturated carbocycles. The van der Waals surface area contributed by atoms with E-state index in [-0.39, 0.29) is 0 Å². The fourth-order valence-electron chi connectivity index (χ4n) is 2.19. The van der Waals surface area contributed by atoms with Gasteiger partial charge in [-0.25, -0.2) is 0 Å². The number of hydrogen-bond acceptors (Lipinski definition) is 1. The molecule has 0 spiro atoms. The van der Waals surface area contributed by atoms with Crippen LogP contribution in [0.5, 0.6) is 0 Å². The Morgan fingerprint density at radius 2 is 1.89 bits per heavy atom. The largest absolute Gasteiger partial charge is 0.361 e. The molecule has 0 atom stereocenters. The summed E-state index contributed by atoms with van der Waals surface area (Å²) in [5.41, 5.74) is 3.77. The molecule has 2 nitrogen and oxygen atoms in total. The van der Waals surface area contributed by atoms with Crippen LogP contribution in [0.15, 0.2) is 59.2 Å². The van der Waals surface area contributed by atoms with Crippen LogP contribution in [0.4, 0.5) is 0 Å². The van der Waals surface area contributed by atoms with Gasteiger partial charge in [0.05, 0.1) is 0 Å². The first kappa shape index (κ1) is 12.5. The molecule has 3 aromatic rings. The maximum atomic E-state index is 3.57. The third kappa shape index (κ3) is 2.88. The van der Waals surface area contributed by atoms with E-state index in [2.05, 4.69) is 68.7 Å². The Morgan fingerprint density at radius 1 is 1.00 bits per heavy atom. The van der Waals surface area contributed by atoms with Gasteiger partial charge in [-0.15, -0.1) is 0 Å². The summed E-state index contributed by atoms with van der Waals surface area (Å²) in [5, 5.41) is 4.73. The van der Waals surface area contributed by atoms with Gasteiger partial charge in [-0.3, -0.25) is 0 Å². The van der Waals surface area contributed by atoms with Crippen molar-refractivity contribution in [3.63, 3.8) is 0 Å². The molecule has 0 saturated heterocycles. The normalized spacial score (nSPS) is 11.0. The summed E-state index contributed by atoms with van der Waals surface area (Å²) in [6.45, 7) is 1.74. The highest BCUT2D eigenvalue weighted by Gasteiger charge is 2.00. The lowest BCUT2D eigenvalue weighted by Crippen LogP contribution is -2.12. The van der Waals surface area contributed by atoms with Gasteiger partial charge in [0.2, 0.25) is 0 Å². The van der Waals surface area contributed by atoms with Crippen LogP contribution in [-0.2, 0) is 13.1 Å². The minimum atomic E-state index is 0.865. The molecular weight excluding hydrogens is 300 g/mol. The number of hydrogen-bond donors (Lipinski definition) is 2. The Kier molecular flexibility index (Phi) is 3.67. The van der Waals surface area contributed by atoms with E-state index in [4.69, 9.17) is 0 Å². The fourth-order valence-corrected chi connectivity index (χ4v) is 2.61. The van der Waals surface area contributed by atoms with Crippen LogP contribution in [0.1, 0.15) is 11.1 Å². The van der Waals surface area contributed by atoms with Crippen molar-refractivity contribution < 1.29 is 0 Å². The predicted octanol–water partition coefficient (Wildman–Crippen LogP) is 4.22. The van der Waals surface area contributed by atoms with Gasteiger partial charge in [-0.2, -0.15) is 0 Å². The summed E-state index contributed by atoms with van der Waals surface area (Å²) in [5.74, 6) is 0. The molecule has 2 aromatic carbocycles. The molecule has 1 aromatic heterocycles. The quantitative estimate of drug-likeness (QED) is 0.741. The van der Waals surface area contributed by atoms with E-state index in [1.807, 2.05) is 12.3 Å². The zero-order valence-corrected chi connectivity index (χ0v) is 12.1. The number of benzene rings is 2. The number of aromatic nitrogens is 1. The zero-order valence-electron chi connectivity index (χ0n) is 10.5. The van der Waals surface area contributed by atoms with Crippen LogP contribution in [-0.4, -0.2) is 4.98 Å². The van der Waals surface area contributed by atoms with Crippen molar-refractivity contribution in [2.75, 3.05) is 0 Å². The van der Waals surface area contributed by atoms with Crippen LogP contribution in [0, 0.1) is 0 Å². The Hall–Kier alpha value is -1.58. The molecule has 0 fully saturated rings. The van der Waals surface area contributed by atoms with Crippen LogP contribution in [0.3, 0.4) is 0 Å². The van der Waals surface area contributed by atoms with E-state index in [0.29, 0.717) is 0 Å². The van der Waals surface area contributed by atoms with Crippen molar-refractivity contribution in [3.05, 3.63) is 70.3 Å². The van der Waals surface area contributed by atoms with E-state index >= 15 is 0 Å². The monoisotopic (exact) mass is 314 g/mol. The van der Waals surface area contributed by atoms with Gasteiger partial charge in [0.15, 0.2) is 0 Å². The van der Waals surface area contributed by atoms with Crippen LogP contribution in [0.25, 0.3) is 10.9 Å². The second-order valence-corrected chi connectivity index (χ2v) is 5.45. The van der Waals surface area contributed by atoms with Crippen molar-refractivity contribution in [1.82, 2.24) is 10.3 Å². The van der Waals surface area contributed by atoms with Crippen LogP contribution in [0.2, 0.25) is 0 Å². The minimum absolute atomic E-state index is 0.865. The van der Waals surface area contributed by atoms with Crippen LogP contribution < -0.4 is 5.32 Å². The van der Waals surface area contributed by atoms with Gasteiger partial charge in [0.25, 0.3) is 0 Å². The number of halogens is 1. The van der Waals surface area contributed by atoms with Gasteiger partial charge in [-0.1, -0.05) is 46.3 Å². The molecule has 0 bridgehead atoms. The van der Waals surface area contributed by atoms with E-state index in [9.17, 15) is 0 Å². The summed E-state index contributed by atoms with van der Waals surface area (Å²) in [6, 6.07) is 16.9. The molecule has 0 aliphatic rings. The third-order valence-corrected chi connectivity index (χ3v) is 4.00. The number of nitrogens with one attached hydrogen (secondary N) is 2. The van der Waals surface area contributed by atoms with E-state index in [0.717, 1.165) is 17.6 Å². The molecule has 0 aliphatic carbocycles. The Morgan fingerprint density at radius 3 is 2.79 bits per heavy atom. The van der Waals surface area contributed by atoms with Crippen molar-refractivity contribution >= 4 is 26.8 Å². The third-order valence-electron chi connectivity index (χ3n) is 3.22. The van der Waals surface area contributed by atoms with E-state index in [1.165, 1.54) is 22.0 Å². The van der Waals surface area contributed by atoms with Crippen molar-refractivity contribution in [2.45, 2.75) is 13.1 Å². The van der Waals surface area contributed by atoms with Crippen molar-refractivity contribution in [2.24, 2.45) is 0 Å². The first-order valence-corrected chi connectivity index (χ1v) is 7.12. The topological polar surface area (TPSA) is 27.8 Å². The van der Waals surface area contributed by atoms with Gasteiger partial charge in [0.1, 0.15) is 0 Å². The van der Waals surface area contributed by atoms with Crippen molar-refractivity contribution in [3.8, 4) is 0 Å². The Balaban J connectivity index is 1.64. The lowest BCUT2D eigenvalue weighted by molar-refractivity contribution is 0.692. The lowest BCUT2D eigenvalue weighted by Gasteiger charge is -2.07. The lowest BCUT2D eigenvalue weighted by atomic mass is 10.1. The van der Waals surface area contributed by atoms with E-state index < -0.39 is 0 Å². The highest BCUT2D eigenvalue weighted by Crippen LogP contribution is 2.16. The minimum Gasteiger partial charge on any atom is -0.361 e. The summed E-state index contributed by atoms with van der Waals surface area (Å²) < 4.78 is 1.15. The molecule has 1 heterocycles. The highest BCUT2D eigenvalue weighted by molar-refractivity contribution is 9.10. The summed E-state index contributed by atoms with van der Waals surface area (Å²) in [7, 11) is 0. The highest BCUT2D eigenvalue weighted by atomic mass is 79.9. The first-order chi connectivity index (χ1) is 9.33. The molecule has 2 N–H and O–H groups in total. The second-order valence-electron chi connectivity index (χ2n) is 4.59. The number of H-pyrrole nitrogens is 1. The Bertz CT molecular complexity index is 688. The summed E-state index contributed by atoms with van der Waals surface area (Å²) in [6.07, 6.45) is 1.98. The van der Waals surface area contributed by atoms with Gasteiger partial charge in [-0.05, 0) is 34.7 Å². The van der Waals surface area contributed by atoms with E-state index in [1.54, 1.807) is 0 Å². The fraction of sp³-hybridized carbons (Fsp3) is 0.125. The number of aromatic amines is 1. The van der Waals surface area contributed by atoms with Gasteiger partial charge >= 0.3 is 0 Å². The molecular formula is C16H15BrN2. The standard InChI is InChI=1S/C16H15BrN2/c17-15-4-2-1-3-14(15)11-18-10-12-5-6-13-7-8-19-16(13)9-12/h1-9,18-19H,10-11H2. The van der Waals surface area contributed by atoms with Gasteiger partial charge in [0, 0.05) is 29.3 Å². The molecule has 0 unspecified atom stereocenters.